The van der Waals surface area contributed by atoms with Gasteiger partial charge in [0.1, 0.15) is 0 Å². The van der Waals surface area contributed by atoms with Gasteiger partial charge in [0.05, 0.1) is 5.75 Å². The van der Waals surface area contributed by atoms with E-state index in [9.17, 15) is 8.42 Å². The lowest BCUT2D eigenvalue weighted by Crippen LogP contribution is -2.21. The second-order valence-electron chi connectivity index (χ2n) is 3.87. The fourth-order valence-electron chi connectivity index (χ4n) is 1.44. The number of hydrogen-bond donors (Lipinski definition) is 2. The maximum atomic E-state index is 10.5. The van der Waals surface area contributed by atoms with Crippen molar-refractivity contribution in [3.05, 3.63) is 34.9 Å². The van der Waals surface area contributed by atoms with Crippen LogP contribution in [0.15, 0.2) is 24.3 Å². The summed E-state index contributed by atoms with van der Waals surface area (Å²) in [6.07, 6.45) is 0.386. The SMILES string of the molecule is C[C@@H](NCCCS(=O)(=O)O)c1ccc(Cl)cc1. The molecule has 0 spiro atoms. The molecule has 0 saturated heterocycles. The highest BCUT2D eigenvalue weighted by Gasteiger charge is 2.06. The molecule has 0 amide bonds. The van der Waals surface area contributed by atoms with Crippen molar-refractivity contribution in [2.45, 2.75) is 19.4 Å². The van der Waals surface area contributed by atoms with Gasteiger partial charge in [0, 0.05) is 11.1 Å². The predicted molar refractivity (Wildman–Crippen MR) is 68.9 cm³/mol. The minimum absolute atomic E-state index is 0.119. The van der Waals surface area contributed by atoms with Crippen LogP contribution in [-0.2, 0) is 10.1 Å². The standard InChI is InChI=1S/C11H16ClNO3S/c1-9(10-3-5-11(12)6-4-10)13-7-2-8-17(14,15)16/h3-6,9,13H,2,7-8H2,1H3,(H,14,15,16)/t9-/m1/s1. The van der Waals surface area contributed by atoms with Crippen LogP contribution in [0.5, 0.6) is 0 Å². The van der Waals surface area contributed by atoms with Gasteiger partial charge in [-0.05, 0) is 37.6 Å². The summed E-state index contributed by atoms with van der Waals surface area (Å²) in [7, 11) is -3.85. The molecular formula is C11H16ClNO3S. The molecule has 2 N–H and O–H groups in total. The minimum atomic E-state index is -3.85. The first-order valence-corrected chi connectivity index (χ1v) is 7.31. The molecule has 0 bridgehead atoms. The van der Waals surface area contributed by atoms with E-state index in [0.29, 0.717) is 18.0 Å². The molecule has 17 heavy (non-hydrogen) atoms. The molecule has 4 nitrogen and oxygen atoms in total. The summed E-state index contributed by atoms with van der Waals surface area (Å²) >= 11 is 5.78. The van der Waals surface area contributed by atoms with Crippen molar-refractivity contribution < 1.29 is 13.0 Å². The van der Waals surface area contributed by atoms with Crippen LogP contribution in [0.3, 0.4) is 0 Å². The molecule has 1 rings (SSSR count). The highest BCUT2D eigenvalue weighted by atomic mass is 35.5. The maximum Gasteiger partial charge on any atom is 0.264 e. The van der Waals surface area contributed by atoms with E-state index in [1.54, 1.807) is 0 Å². The van der Waals surface area contributed by atoms with Crippen molar-refractivity contribution in [3.8, 4) is 0 Å². The second-order valence-corrected chi connectivity index (χ2v) is 5.88. The van der Waals surface area contributed by atoms with Crippen LogP contribution in [0, 0.1) is 0 Å². The summed E-state index contributed by atoms with van der Waals surface area (Å²) < 4.78 is 29.6. The summed E-state index contributed by atoms with van der Waals surface area (Å²) in [5, 5.41) is 3.86. The highest BCUT2D eigenvalue weighted by molar-refractivity contribution is 7.85. The molecule has 0 aliphatic heterocycles. The number of rotatable bonds is 6. The molecule has 0 aliphatic rings. The molecule has 0 radical (unpaired) electrons. The fourth-order valence-corrected chi connectivity index (χ4v) is 2.08. The molecule has 1 aromatic carbocycles. The molecule has 0 aromatic heterocycles. The highest BCUT2D eigenvalue weighted by Crippen LogP contribution is 2.15. The summed E-state index contributed by atoms with van der Waals surface area (Å²) in [6.45, 7) is 2.51. The zero-order valence-electron chi connectivity index (χ0n) is 9.56. The Morgan fingerprint density at radius 3 is 2.47 bits per heavy atom. The molecule has 0 heterocycles. The average molecular weight is 278 g/mol. The first-order chi connectivity index (χ1) is 7.88. The van der Waals surface area contributed by atoms with Crippen LogP contribution < -0.4 is 5.32 Å². The van der Waals surface area contributed by atoms with E-state index >= 15 is 0 Å². The van der Waals surface area contributed by atoms with E-state index in [4.69, 9.17) is 16.2 Å². The first-order valence-electron chi connectivity index (χ1n) is 5.32. The van der Waals surface area contributed by atoms with Gasteiger partial charge in [-0.3, -0.25) is 4.55 Å². The van der Waals surface area contributed by atoms with Crippen molar-refractivity contribution >= 4 is 21.7 Å². The smallest absolute Gasteiger partial charge is 0.264 e. The fraction of sp³-hybridized carbons (Fsp3) is 0.455. The van der Waals surface area contributed by atoms with Gasteiger partial charge in [0.2, 0.25) is 0 Å². The van der Waals surface area contributed by atoms with Crippen LogP contribution in [0.2, 0.25) is 5.02 Å². The van der Waals surface area contributed by atoms with Gasteiger partial charge in [-0.1, -0.05) is 23.7 Å². The predicted octanol–water partition coefficient (Wildman–Crippen LogP) is 2.27. The third-order valence-corrected chi connectivity index (χ3v) is 3.46. The van der Waals surface area contributed by atoms with Crippen LogP contribution >= 0.6 is 11.6 Å². The molecule has 0 saturated carbocycles. The van der Waals surface area contributed by atoms with E-state index < -0.39 is 10.1 Å². The van der Waals surface area contributed by atoms with Crippen molar-refractivity contribution in [3.63, 3.8) is 0 Å². The largest absolute Gasteiger partial charge is 0.310 e. The minimum Gasteiger partial charge on any atom is -0.310 e. The molecule has 96 valence electrons. The lowest BCUT2D eigenvalue weighted by molar-refractivity contribution is 0.477. The van der Waals surface area contributed by atoms with Crippen molar-refractivity contribution in [2.75, 3.05) is 12.3 Å². The van der Waals surface area contributed by atoms with E-state index in [2.05, 4.69) is 5.32 Å². The Balaban J connectivity index is 2.35. The Hall–Kier alpha value is -0.620. The van der Waals surface area contributed by atoms with Crippen molar-refractivity contribution in [2.24, 2.45) is 0 Å². The zero-order valence-corrected chi connectivity index (χ0v) is 11.1. The molecule has 1 aromatic rings. The maximum absolute atomic E-state index is 10.5. The summed E-state index contributed by atoms with van der Waals surface area (Å²) in [5.74, 6) is -0.215. The average Bonchev–Trinajstić information content (AvgIpc) is 2.24. The Labute approximate surface area is 107 Å². The van der Waals surface area contributed by atoms with Gasteiger partial charge in [-0.15, -0.1) is 0 Å². The van der Waals surface area contributed by atoms with Crippen molar-refractivity contribution in [1.82, 2.24) is 5.32 Å². The van der Waals surface area contributed by atoms with Gasteiger partial charge in [-0.25, -0.2) is 0 Å². The van der Waals surface area contributed by atoms with Crippen LogP contribution in [0.4, 0.5) is 0 Å². The van der Waals surface area contributed by atoms with Gasteiger partial charge in [-0.2, -0.15) is 8.42 Å². The molecule has 6 heteroatoms. The molecule has 0 fully saturated rings. The Morgan fingerprint density at radius 2 is 1.94 bits per heavy atom. The first kappa shape index (κ1) is 14.4. The van der Waals surface area contributed by atoms with Gasteiger partial charge < -0.3 is 5.32 Å². The van der Waals surface area contributed by atoms with Crippen LogP contribution in [0.25, 0.3) is 0 Å². The van der Waals surface area contributed by atoms with Gasteiger partial charge in [0.15, 0.2) is 0 Å². The van der Waals surface area contributed by atoms with Crippen LogP contribution in [0.1, 0.15) is 24.9 Å². The van der Waals surface area contributed by atoms with Gasteiger partial charge in [0.25, 0.3) is 10.1 Å². The quantitative estimate of drug-likeness (QED) is 0.618. The number of hydrogen-bond acceptors (Lipinski definition) is 3. The summed E-state index contributed by atoms with van der Waals surface area (Å²) in [5.41, 5.74) is 1.08. The monoisotopic (exact) mass is 277 g/mol. The Kier molecular flexibility index (Phi) is 5.39. The molecule has 0 unspecified atom stereocenters. The van der Waals surface area contributed by atoms with Gasteiger partial charge >= 0.3 is 0 Å². The normalized spacial score (nSPS) is 13.6. The number of nitrogens with one attached hydrogen (secondary N) is 1. The number of benzene rings is 1. The van der Waals surface area contributed by atoms with Crippen molar-refractivity contribution in [1.29, 1.82) is 0 Å². The zero-order chi connectivity index (χ0) is 12.9. The summed E-state index contributed by atoms with van der Waals surface area (Å²) in [4.78, 5) is 0. The Bertz CT molecular complexity index is 444. The van der Waals surface area contributed by atoms with E-state index in [-0.39, 0.29) is 11.8 Å². The molecular weight excluding hydrogens is 262 g/mol. The van der Waals surface area contributed by atoms with E-state index in [0.717, 1.165) is 5.56 Å². The van der Waals surface area contributed by atoms with Crippen LogP contribution in [-0.4, -0.2) is 25.3 Å². The third-order valence-electron chi connectivity index (χ3n) is 2.40. The second kappa shape index (κ2) is 6.35. The lowest BCUT2D eigenvalue weighted by Gasteiger charge is -2.13. The number of halogens is 1. The van der Waals surface area contributed by atoms with E-state index in [1.165, 1.54) is 0 Å². The van der Waals surface area contributed by atoms with E-state index in [1.807, 2.05) is 31.2 Å². The molecule has 1 atom stereocenters. The topological polar surface area (TPSA) is 66.4 Å². The molecule has 0 aliphatic carbocycles. The lowest BCUT2D eigenvalue weighted by atomic mass is 10.1. The summed E-state index contributed by atoms with van der Waals surface area (Å²) in [6, 6.07) is 7.58. The Morgan fingerprint density at radius 1 is 1.35 bits per heavy atom. The third kappa shape index (κ3) is 6.02.